The van der Waals surface area contributed by atoms with E-state index in [2.05, 4.69) is 22.1 Å². The van der Waals surface area contributed by atoms with Gasteiger partial charge in [0.05, 0.1) is 12.3 Å². The highest BCUT2D eigenvalue weighted by molar-refractivity contribution is 6.10. The van der Waals surface area contributed by atoms with Gasteiger partial charge >= 0.3 is 5.97 Å². The summed E-state index contributed by atoms with van der Waals surface area (Å²) in [5.74, 6) is -1.35. The van der Waals surface area contributed by atoms with Crippen molar-refractivity contribution in [1.82, 2.24) is 0 Å². The Labute approximate surface area is 175 Å². The molecule has 0 aliphatic rings. The van der Waals surface area contributed by atoms with Gasteiger partial charge in [0.1, 0.15) is 0 Å². The molecule has 0 aromatic heterocycles. The van der Waals surface area contributed by atoms with Crippen LogP contribution in [0, 0.1) is 6.92 Å². The molecule has 0 radical (unpaired) electrons. The number of aryl methyl sites for hydroxylation is 1. The molecule has 2 aromatic carbocycles. The van der Waals surface area contributed by atoms with Crippen LogP contribution >= 0.6 is 0 Å². The lowest BCUT2D eigenvalue weighted by Crippen LogP contribution is -2.32. The van der Waals surface area contributed by atoms with Gasteiger partial charge in [-0.25, -0.2) is 4.79 Å². The molecular weight excluding hydrogens is 382 g/mol. The minimum Gasteiger partial charge on any atom is -0.462 e. The van der Waals surface area contributed by atoms with Crippen LogP contribution in [-0.2, 0) is 25.5 Å². The summed E-state index contributed by atoms with van der Waals surface area (Å²) in [6.07, 6.45) is 0.547. The molecule has 0 aliphatic heterocycles. The molecule has 1 amide bonds. The number of nitrogens with one attached hydrogen (secondary N) is 1. The maximum atomic E-state index is 12.5. The lowest BCUT2D eigenvalue weighted by atomic mass is 10.1. The molecule has 2 rings (SSSR count). The second-order valence-electron chi connectivity index (χ2n) is 6.87. The Balaban J connectivity index is 1.98. The molecular formula is C23H25N3O4. The molecule has 0 fully saturated rings. The van der Waals surface area contributed by atoms with E-state index in [0.29, 0.717) is 23.4 Å². The second kappa shape index (κ2) is 10.8. The fraction of sp³-hybridized carbons (Fsp3) is 0.261. The molecule has 0 aliphatic carbocycles. The van der Waals surface area contributed by atoms with Crippen LogP contribution in [-0.4, -0.2) is 30.3 Å². The highest BCUT2D eigenvalue weighted by Gasteiger charge is 2.23. The van der Waals surface area contributed by atoms with Crippen molar-refractivity contribution in [3.63, 3.8) is 0 Å². The number of carbonyl (C=O) groups excluding carboxylic acids is 3. The first kappa shape index (κ1) is 22.7. The maximum Gasteiger partial charge on any atom is 0.333 e. The zero-order valence-electron chi connectivity index (χ0n) is 17.3. The third kappa shape index (κ3) is 6.77. The number of nitrogens with zero attached hydrogens (tertiary/aromatic N) is 2. The number of rotatable bonds is 9. The largest absolute Gasteiger partial charge is 0.462 e. The summed E-state index contributed by atoms with van der Waals surface area (Å²) >= 11 is 0. The van der Waals surface area contributed by atoms with E-state index in [4.69, 9.17) is 4.74 Å². The molecule has 0 saturated carbocycles. The molecule has 7 heteroatoms. The predicted molar refractivity (Wildman–Crippen MR) is 115 cm³/mol. The van der Waals surface area contributed by atoms with E-state index in [1.165, 1.54) is 6.92 Å². The van der Waals surface area contributed by atoms with E-state index in [-0.39, 0.29) is 6.61 Å². The molecule has 1 N–H and O–H groups in total. The zero-order valence-corrected chi connectivity index (χ0v) is 17.3. The Hall–Kier alpha value is -3.61. The lowest BCUT2D eigenvalue weighted by Gasteiger charge is -2.11. The minimum absolute atomic E-state index is 0.248. The number of para-hydroxylation sites is 1. The number of anilines is 1. The van der Waals surface area contributed by atoms with Crippen LogP contribution in [0.1, 0.15) is 25.0 Å². The summed E-state index contributed by atoms with van der Waals surface area (Å²) < 4.78 is 5.06. The van der Waals surface area contributed by atoms with Crippen LogP contribution in [0.5, 0.6) is 0 Å². The van der Waals surface area contributed by atoms with Crippen molar-refractivity contribution in [2.45, 2.75) is 33.2 Å². The average Bonchev–Trinajstić information content (AvgIpc) is 2.70. The Morgan fingerprint density at radius 2 is 1.73 bits per heavy atom. The van der Waals surface area contributed by atoms with Gasteiger partial charge in [-0.15, -0.1) is 0 Å². The Kier molecular flexibility index (Phi) is 8.17. The van der Waals surface area contributed by atoms with Crippen molar-refractivity contribution in [2.75, 3.05) is 11.9 Å². The fourth-order valence-corrected chi connectivity index (χ4v) is 2.47. The number of ether oxygens (including phenoxy) is 1. The minimum atomic E-state index is -1.23. The molecule has 0 heterocycles. The Morgan fingerprint density at radius 1 is 1.07 bits per heavy atom. The summed E-state index contributed by atoms with van der Waals surface area (Å²) in [4.78, 5) is 35.7. The standard InChI is InChI=1S/C23H25N3O4/c1-15(2)23(29)30-14-13-18-9-11-19(12-10-18)25-26-21(17(4)27)22(28)24-20-8-6-5-7-16(20)3/h5-12,21H,1,13-14H2,2-4H3,(H,24,28). The van der Waals surface area contributed by atoms with Crippen molar-refractivity contribution in [3.8, 4) is 0 Å². The number of hydrogen-bond acceptors (Lipinski definition) is 6. The summed E-state index contributed by atoms with van der Waals surface area (Å²) in [5, 5.41) is 10.7. The van der Waals surface area contributed by atoms with E-state index in [9.17, 15) is 14.4 Å². The number of hydrogen-bond donors (Lipinski definition) is 1. The summed E-state index contributed by atoms with van der Waals surface area (Å²) in [5.41, 5.74) is 3.32. The highest BCUT2D eigenvalue weighted by atomic mass is 16.5. The SMILES string of the molecule is C=C(C)C(=O)OCCc1ccc(N=NC(C(C)=O)C(=O)Nc2ccccc2C)cc1. The zero-order chi connectivity index (χ0) is 22.1. The van der Waals surface area contributed by atoms with E-state index < -0.39 is 23.7 Å². The summed E-state index contributed by atoms with van der Waals surface area (Å²) in [6, 6.07) is 13.1. The monoisotopic (exact) mass is 407 g/mol. The molecule has 0 bridgehead atoms. The molecule has 0 saturated heterocycles. The van der Waals surface area contributed by atoms with Gasteiger partial charge in [-0.1, -0.05) is 36.9 Å². The van der Waals surface area contributed by atoms with Gasteiger partial charge in [0.2, 0.25) is 6.04 Å². The van der Waals surface area contributed by atoms with Crippen LogP contribution in [0.25, 0.3) is 0 Å². The lowest BCUT2D eigenvalue weighted by molar-refractivity contribution is -0.138. The molecule has 30 heavy (non-hydrogen) atoms. The van der Waals surface area contributed by atoms with Crippen molar-refractivity contribution < 1.29 is 19.1 Å². The van der Waals surface area contributed by atoms with Crippen LogP contribution < -0.4 is 5.32 Å². The van der Waals surface area contributed by atoms with E-state index in [0.717, 1.165) is 11.1 Å². The second-order valence-corrected chi connectivity index (χ2v) is 6.87. The first-order chi connectivity index (χ1) is 14.3. The highest BCUT2D eigenvalue weighted by Crippen LogP contribution is 2.17. The Morgan fingerprint density at radius 3 is 2.33 bits per heavy atom. The molecule has 7 nitrogen and oxygen atoms in total. The predicted octanol–water partition coefficient (Wildman–Crippen LogP) is 4.34. The van der Waals surface area contributed by atoms with Crippen molar-refractivity contribution >= 4 is 29.0 Å². The van der Waals surface area contributed by atoms with Gasteiger partial charge in [0.15, 0.2) is 5.78 Å². The fourth-order valence-electron chi connectivity index (χ4n) is 2.47. The Bertz CT molecular complexity index is 965. The number of amides is 1. The number of carbonyl (C=O) groups is 3. The quantitative estimate of drug-likeness (QED) is 0.289. The van der Waals surface area contributed by atoms with E-state index >= 15 is 0 Å². The van der Waals surface area contributed by atoms with Crippen LogP contribution in [0.2, 0.25) is 0 Å². The number of ketones is 1. The van der Waals surface area contributed by atoms with Crippen molar-refractivity contribution in [1.29, 1.82) is 0 Å². The van der Waals surface area contributed by atoms with Gasteiger partial charge < -0.3 is 10.1 Å². The van der Waals surface area contributed by atoms with Crippen molar-refractivity contribution in [3.05, 3.63) is 71.8 Å². The van der Waals surface area contributed by atoms with Gasteiger partial charge in [-0.05, 0) is 50.1 Å². The smallest absolute Gasteiger partial charge is 0.333 e. The topological polar surface area (TPSA) is 97.2 Å². The van der Waals surface area contributed by atoms with Gasteiger partial charge in [0, 0.05) is 17.7 Å². The molecule has 156 valence electrons. The van der Waals surface area contributed by atoms with Gasteiger partial charge in [0.25, 0.3) is 5.91 Å². The van der Waals surface area contributed by atoms with E-state index in [1.54, 1.807) is 31.2 Å². The normalized spacial score (nSPS) is 11.7. The third-order valence-corrected chi connectivity index (χ3v) is 4.23. The summed E-state index contributed by atoms with van der Waals surface area (Å²) in [7, 11) is 0. The number of esters is 1. The number of Topliss-reactive ketones (excluding diaryl/α,β-unsaturated/α-hetero) is 1. The van der Waals surface area contributed by atoms with Gasteiger partial charge in [-0.3, -0.25) is 9.59 Å². The molecule has 0 spiro atoms. The average molecular weight is 407 g/mol. The molecule has 2 aromatic rings. The number of azo groups is 1. The van der Waals surface area contributed by atoms with E-state index in [1.807, 2.05) is 31.2 Å². The first-order valence-corrected chi connectivity index (χ1v) is 9.47. The molecule has 1 atom stereocenters. The third-order valence-electron chi connectivity index (χ3n) is 4.23. The number of benzene rings is 2. The van der Waals surface area contributed by atoms with Crippen LogP contribution in [0.3, 0.4) is 0 Å². The summed E-state index contributed by atoms with van der Waals surface area (Å²) in [6.45, 7) is 8.54. The van der Waals surface area contributed by atoms with Crippen LogP contribution in [0.4, 0.5) is 11.4 Å². The van der Waals surface area contributed by atoms with Gasteiger partial charge in [-0.2, -0.15) is 10.2 Å². The maximum absolute atomic E-state index is 12.5. The molecule has 1 unspecified atom stereocenters. The van der Waals surface area contributed by atoms with Crippen molar-refractivity contribution in [2.24, 2.45) is 10.2 Å². The first-order valence-electron chi connectivity index (χ1n) is 9.47. The van der Waals surface area contributed by atoms with Crippen LogP contribution in [0.15, 0.2) is 70.9 Å².